The zero-order valence-corrected chi connectivity index (χ0v) is 21.2. The average molecular weight is 433 g/mol. The number of nitrogens with zero attached hydrogens (tertiary/aromatic N) is 2. The monoisotopic (exact) mass is 432 g/mol. The first-order chi connectivity index (χ1) is 14.5. The van der Waals surface area contributed by atoms with E-state index >= 15 is 0 Å². The van der Waals surface area contributed by atoms with Crippen LogP contribution in [0.5, 0.6) is 0 Å². The van der Waals surface area contributed by atoms with Gasteiger partial charge in [0.15, 0.2) is 5.78 Å². The Balaban J connectivity index is 2.11. The van der Waals surface area contributed by atoms with E-state index in [0.29, 0.717) is 11.3 Å². The predicted molar refractivity (Wildman–Crippen MR) is 133 cm³/mol. The highest BCUT2D eigenvalue weighted by Crippen LogP contribution is 2.40. The summed E-state index contributed by atoms with van der Waals surface area (Å²) in [6.07, 6.45) is 3.77. The Morgan fingerprint density at radius 1 is 0.719 bits per heavy atom. The van der Waals surface area contributed by atoms with Crippen molar-refractivity contribution in [3.05, 3.63) is 64.3 Å². The summed E-state index contributed by atoms with van der Waals surface area (Å²) in [6.45, 7) is 20.5. The van der Waals surface area contributed by atoms with Crippen LogP contribution in [-0.2, 0) is 15.0 Å². The molecule has 32 heavy (non-hydrogen) atoms. The van der Waals surface area contributed by atoms with Crippen molar-refractivity contribution in [1.29, 1.82) is 0 Å². The van der Waals surface area contributed by atoms with Gasteiger partial charge >= 0.3 is 0 Å². The normalized spacial score (nSPS) is 18.2. The zero-order chi connectivity index (χ0) is 24.2. The molecule has 0 saturated carbocycles. The van der Waals surface area contributed by atoms with Crippen LogP contribution in [0.4, 0.5) is 5.69 Å². The third-order valence-electron chi connectivity index (χ3n) is 5.99. The van der Waals surface area contributed by atoms with Gasteiger partial charge in [-0.05, 0) is 58.6 Å². The third kappa shape index (κ3) is 4.41. The molecule has 0 bridgehead atoms. The molecule has 2 aliphatic rings. The van der Waals surface area contributed by atoms with E-state index in [0.717, 1.165) is 22.4 Å². The number of carbonyl (C=O) groups is 2. The van der Waals surface area contributed by atoms with Gasteiger partial charge < -0.3 is 0 Å². The van der Waals surface area contributed by atoms with Gasteiger partial charge in [-0.3, -0.25) is 9.59 Å². The zero-order valence-electron chi connectivity index (χ0n) is 21.2. The number of anilines is 1. The van der Waals surface area contributed by atoms with Gasteiger partial charge in [0.05, 0.1) is 17.0 Å². The summed E-state index contributed by atoms with van der Waals surface area (Å²) in [6, 6.07) is 7.99. The molecule has 4 heteroatoms. The van der Waals surface area contributed by atoms with E-state index in [1.54, 1.807) is 0 Å². The Morgan fingerprint density at radius 3 is 1.59 bits per heavy atom. The second-order valence-corrected chi connectivity index (χ2v) is 11.9. The van der Waals surface area contributed by atoms with Crippen LogP contribution in [0, 0.1) is 10.8 Å². The third-order valence-corrected chi connectivity index (χ3v) is 5.99. The Bertz CT molecular complexity index is 1050. The number of benzene rings is 1. The maximum Gasteiger partial charge on any atom is 0.281 e. The Kier molecular flexibility index (Phi) is 5.74. The highest BCUT2D eigenvalue weighted by molar-refractivity contribution is 6.31. The first kappa shape index (κ1) is 23.9. The fraction of sp³-hybridized carbons (Fsp3) is 0.464. The average Bonchev–Trinajstić information content (AvgIpc) is 2.94. The fourth-order valence-electron chi connectivity index (χ4n) is 4.00. The van der Waals surface area contributed by atoms with E-state index in [1.807, 2.05) is 84.9 Å². The van der Waals surface area contributed by atoms with Gasteiger partial charge in [0.25, 0.3) is 5.91 Å². The molecule has 1 aromatic carbocycles. The fourth-order valence-corrected chi connectivity index (χ4v) is 4.00. The summed E-state index contributed by atoms with van der Waals surface area (Å²) in [5.41, 5.74) is 4.75. The van der Waals surface area contributed by atoms with Crippen LogP contribution in [0.2, 0.25) is 0 Å². The van der Waals surface area contributed by atoms with Gasteiger partial charge in [-0.15, -0.1) is 0 Å². The lowest BCUT2D eigenvalue weighted by atomic mass is 9.71. The van der Waals surface area contributed by atoms with E-state index in [9.17, 15) is 9.59 Å². The highest BCUT2D eigenvalue weighted by atomic mass is 16.2. The molecule has 0 saturated heterocycles. The summed E-state index contributed by atoms with van der Waals surface area (Å²) < 4.78 is 0. The summed E-state index contributed by atoms with van der Waals surface area (Å²) >= 11 is 0. The van der Waals surface area contributed by atoms with Crippen LogP contribution < -0.4 is 5.01 Å². The van der Waals surface area contributed by atoms with Gasteiger partial charge in [0, 0.05) is 11.1 Å². The standard InChI is InChI=1S/C28H36N2O2/c1-17-23(18-15-21(27(5,6)7)24(31)22(16-18)28(8,9)10)25(32)30(29-17)20-13-11-19(12-14-20)26(2,3)4/h11-16H,1-10H3. The summed E-state index contributed by atoms with van der Waals surface area (Å²) in [7, 11) is 0. The van der Waals surface area contributed by atoms with Crippen molar-refractivity contribution in [2.24, 2.45) is 15.9 Å². The number of hydrogen-bond acceptors (Lipinski definition) is 3. The Morgan fingerprint density at radius 2 is 1.19 bits per heavy atom. The second-order valence-electron chi connectivity index (χ2n) is 11.9. The molecule has 0 atom stereocenters. The molecule has 0 unspecified atom stereocenters. The van der Waals surface area contributed by atoms with Crippen LogP contribution >= 0.6 is 0 Å². The summed E-state index contributed by atoms with van der Waals surface area (Å²) in [4.78, 5) is 26.8. The lowest BCUT2D eigenvalue weighted by Gasteiger charge is -2.31. The van der Waals surface area contributed by atoms with Crippen molar-refractivity contribution in [1.82, 2.24) is 0 Å². The number of allylic oxidation sites excluding steroid dienone is 5. The van der Waals surface area contributed by atoms with Crippen molar-refractivity contribution >= 4 is 23.1 Å². The summed E-state index contributed by atoms with van der Waals surface area (Å²) in [5.74, 6) is -0.103. The van der Waals surface area contributed by atoms with E-state index in [1.165, 1.54) is 10.6 Å². The maximum atomic E-state index is 13.5. The number of hydrazone groups is 1. The molecule has 1 amide bonds. The van der Waals surface area contributed by atoms with Crippen molar-refractivity contribution < 1.29 is 9.59 Å². The van der Waals surface area contributed by atoms with Gasteiger partial charge in [-0.25, -0.2) is 0 Å². The number of rotatable bonds is 1. The highest BCUT2D eigenvalue weighted by Gasteiger charge is 2.37. The molecule has 1 aliphatic carbocycles. The molecule has 0 N–H and O–H groups in total. The minimum Gasteiger partial charge on any atom is -0.289 e. The van der Waals surface area contributed by atoms with Gasteiger partial charge in [-0.2, -0.15) is 10.1 Å². The number of amides is 1. The Labute approximate surface area is 192 Å². The topological polar surface area (TPSA) is 49.7 Å². The maximum absolute atomic E-state index is 13.5. The summed E-state index contributed by atoms with van der Waals surface area (Å²) in [5, 5.41) is 6.05. The number of Topliss-reactive ketones (excluding diaryl/α,β-unsaturated/α-hetero) is 1. The number of ketones is 1. The quantitative estimate of drug-likeness (QED) is 0.474. The predicted octanol–water partition coefficient (Wildman–Crippen LogP) is 6.53. The van der Waals surface area contributed by atoms with Crippen LogP contribution in [0.3, 0.4) is 0 Å². The molecule has 4 nitrogen and oxygen atoms in total. The van der Waals surface area contributed by atoms with Crippen LogP contribution in [0.25, 0.3) is 0 Å². The molecule has 0 aromatic heterocycles. The molecule has 0 radical (unpaired) electrons. The molecule has 1 heterocycles. The second kappa shape index (κ2) is 7.68. The smallest absolute Gasteiger partial charge is 0.281 e. The van der Waals surface area contributed by atoms with Crippen molar-refractivity contribution in [3.8, 4) is 0 Å². The molecule has 0 fully saturated rings. The Hall–Kier alpha value is -2.75. The number of carbonyl (C=O) groups excluding carboxylic acids is 2. The van der Waals surface area contributed by atoms with Gasteiger partial charge in [-0.1, -0.05) is 74.4 Å². The molecule has 170 valence electrons. The minimum atomic E-state index is -0.331. The largest absolute Gasteiger partial charge is 0.289 e. The molecular formula is C28H36N2O2. The molecule has 1 aromatic rings. The SMILES string of the molecule is CC1=NN(c2ccc(C(C)(C)C)cc2)C(=O)C1=C1C=C(C(C)(C)C)C(=O)C(C(C)(C)C)=C1. The van der Waals surface area contributed by atoms with Crippen molar-refractivity contribution in [2.45, 2.75) is 74.7 Å². The lowest BCUT2D eigenvalue weighted by Crippen LogP contribution is -2.29. The van der Waals surface area contributed by atoms with Crippen molar-refractivity contribution in [2.75, 3.05) is 5.01 Å². The molecule has 1 aliphatic heterocycles. The molecule has 0 spiro atoms. The minimum absolute atomic E-state index is 0.0385. The van der Waals surface area contributed by atoms with Gasteiger partial charge in [0.2, 0.25) is 0 Å². The first-order valence-corrected chi connectivity index (χ1v) is 11.3. The first-order valence-electron chi connectivity index (χ1n) is 11.3. The van der Waals surface area contributed by atoms with E-state index in [4.69, 9.17) is 0 Å². The molecule has 3 rings (SSSR count). The van der Waals surface area contributed by atoms with E-state index in [2.05, 4.69) is 25.9 Å². The van der Waals surface area contributed by atoms with Crippen LogP contribution in [0.15, 0.2) is 63.8 Å². The van der Waals surface area contributed by atoms with E-state index in [-0.39, 0.29) is 27.9 Å². The van der Waals surface area contributed by atoms with Gasteiger partial charge in [0.1, 0.15) is 0 Å². The van der Waals surface area contributed by atoms with Crippen LogP contribution in [0.1, 0.15) is 74.8 Å². The van der Waals surface area contributed by atoms with Crippen LogP contribution in [-0.4, -0.2) is 17.4 Å². The number of hydrogen-bond donors (Lipinski definition) is 0. The lowest BCUT2D eigenvalue weighted by molar-refractivity contribution is -0.115. The van der Waals surface area contributed by atoms with E-state index < -0.39 is 0 Å². The van der Waals surface area contributed by atoms with Crippen molar-refractivity contribution in [3.63, 3.8) is 0 Å². The molecular weight excluding hydrogens is 396 g/mol.